The minimum Gasteiger partial charge on any atom is -0.384 e. The summed E-state index contributed by atoms with van der Waals surface area (Å²) in [4.78, 5) is 18.2. The number of pyridine rings is 1. The molecule has 0 aliphatic rings. The van der Waals surface area contributed by atoms with Crippen LogP contribution < -0.4 is 5.73 Å². The summed E-state index contributed by atoms with van der Waals surface area (Å²) in [6.45, 7) is 2.77. The summed E-state index contributed by atoms with van der Waals surface area (Å²) in [5.41, 5.74) is 14.6. The molecule has 0 radical (unpaired) electrons. The molecule has 3 aromatic carbocycles. The minimum absolute atomic E-state index is 0.276. The first-order valence-electron chi connectivity index (χ1n) is 12.6. The van der Waals surface area contributed by atoms with Crippen LogP contribution in [0.3, 0.4) is 0 Å². The zero-order valence-electron chi connectivity index (χ0n) is 21.1. The number of hydrogen-bond acceptors (Lipinski definition) is 4. The number of benzene rings is 3. The van der Waals surface area contributed by atoms with Gasteiger partial charge in [0.05, 0.1) is 5.52 Å². The van der Waals surface area contributed by atoms with E-state index in [1.165, 1.54) is 22.1 Å². The third-order valence-corrected chi connectivity index (χ3v) is 7.00. The molecule has 0 amide bonds. The summed E-state index contributed by atoms with van der Waals surface area (Å²) in [6, 6.07) is 32.5. The van der Waals surface area contributed by atoms with Crippen molar-refractivity contribution in [3.63, 3.8) is 0 Å². The fourth-order valence-electron chi connectivity index (χ4n) is 5.20. The molecule has 0 aliphatic heterocycles. The number of fused-ring (bicyclic) bond motifs is 2. The fraction of sp³-hybridized carbons (Fsp3) is 0.161. The zero-order valence-corrected chi connectivity index (χ0v) is 21.1. The number of nitrogens with two attached hydrogens (primary N) is 1. The quantitative estimate of drug-likeness (QED) is 0.243. The molecule has 37 heavy (non-hydrogen) atoms. The molecule has 1 atom stereocenters. The number of aromatic amines is 2. The highest BCUT2D eigenvalue weighted by molar-refractivity contribution is 5.95. The lowest BCUT2D eigenvalue weighted by Gasteiger charge is -2.29. The van der Waals surface area contributed by atoms with Crippen molar-refractivity contribution in [3.8, 4) is 11.3 Å². The number of nitrogens with zero attached hydrogens (tertiary/aromatic N) is 3. The van der Waals surface area contributed by atoms with E-state index in [2.05, 4.69) is 117 Å². The van der Waals surface area contributed by atoms with Crippen LogP contribution in [0.1, 0.15) is 28.6 Å². The van der Waals surface area contributed by atoms with Crippen molar-refractivity contribution in [1.29, 1.82) is 0 Å². The lowest BCUT2D eigenvalue weighted by atomic mass is 9.97. The Morgan fingerprint density at radius 1 is 0.838 bits per heavy atom. The SMILES string of the molecule is Cc1nc2nc(N)cc(-c3cc4cc(CN(C)C(Cc5ccccc5)c5ccccc5)ccc4[nH]3)c2[nH]1. The van der Waals surface area contributed by atoms with Crippen LogP contribution in [0.5, 0.6) is 0 Å². The Balaban J connectivity index is 1.30. The molecule has 184 valence electrons. The maximum absolute atomic E-state index is 6.09. The fourth-order valence-corrected chi connectivity index (χ4v) is 5.20. The monoisotopic (exact) mass is 486 g/mol. The van der Waals surface area contributed by atoms with E-state index in [-0.39, 0.29) is 6.04 Å². The Bertz CT molecular complexity index is 1670. The molecule has 0 saturated carbocycles. The summed E-state index contributed by atoms with van der Waals surface area (Å²) in [5.74, 6) is 1.28. The van der Waals surface area contributed by atoms with Crippen LogP contribution >= 0.6 is 0 Å². The maximum atomic E-state index is 6.09. The summed E-state index contributed by atoms with van der Waals surface area (Å²) >= 11 is 0. The number of rotatable bonds is 7. The van der Waals surface area contributed by atoms with Crippen LogP contribution in [0.15, 0.2) is 91.0 Å². The van der Waals surface area contributed by atoms with E-state index in [1.54, 1.807) is 0 Å². The van der Waals surface area contributed by atoms with E-state index in [0.717, 1.165) is 41.1 Å². The summed E-state index contributed by atoms with van der Waals surface area (Å²) < 4.78 is 0. The van der Waals surface area contributed by atoms with Crippen molar-refractivity contribution in [2.24, 2.45) is 0 Å². The second-order valence-electron chi connectivity index (χ2n) is 9.75. The summed E-state index contributed by atoms with van der Waals surface area (Å²) in [5, 5.41) is 1.17. The Hall–Kier alpha value is -4.42. The van der Waals surface area contributed by atoms with E-state index < -0.39 is 0 Å². The molecule has 6 heteroatoms. The van der Waals surface area contributed by atoms with Crippen LogP contribution in [0.2, 0.25) is 0 Å². The van der Waals surface area contributed by atoms with Crippen molar-refractivity contribution in [2.75, 3.05) is 12.8 Å². The van der Waals surface area contributed by atoms with Gasteiger partial charge in [0.2, 0.25) is 0 Å². The molecule has 6 rings (SSSR count). The third-order valence-electron chi connectivity index (χ3n) is 7.00. The van der Waals surface area contributed by atoms with E-state index in [9.17, 15) is 0 Å². The van der Waals surface area contributed by atoms with Gasteiger partial charge in [0.1, 0.15) is 11.6 Å². The number of nitrogens with one attached hydrogen (secondary N) is 2. The van der Waals surface area contributed by atoms with Gasteiger partial charge in [-0.15, -0.1) is 0 Å². The summed E-state index contributed by atoms with van der Waals surface area (Å²) in [6.07, 6.45) is 0.959. The van der Waals surface area contributed by atoms with Crippen LogP contribution in [-0.4, -0.2) is 31.9 Å². The van der Waals surface area contributed by atoms with Gasteiger partial charge in [-0.2, -0.15) is 0 Å². The van der Waals surface area contributed by atoms with E-state index in [4.69, 9.17) is 5.73 Å². The third kappa shape index (κ3) is 4.71. The van der Waals surface area contributed by atoms with Crippen molar-refractivity contribution < 1.29 is 0 Å². The lowest BCUT2D eigenvalue weighted by Crippen LogP contribution is -2.26. The number of anilines is 1. The molecule has 6 nitrogen and oxygen atoms in total. The molecule has 0 fully saturated rings. The average Bonchev–Trinajstić information content (AvgIpc) is 3.50. The molecular formula is C31H30N6. The van der Waals surface area contributed by atoms with Gasteiger partial charge in [-0.3, -0.25) is 4.90 Å². The zero-order chi connectivity index (χ0) is 25.4. The van der Waals surface area contributed by atoms with Gasteiger partial charge in [0, 0.05) is 34.7 Å². The number of hydrogen-bond donors (Lipinski definition) is 3. The Morgan fingerprint density at radius 2 is 1.59 bits per heavy atom. The standard InChI is InChI=1S/C31H30N6/c1-20-33-30-25(18-29(32)36-31(30)34-20)27-17-24-15-22(13-14-26(24)35-27)19-37(2)28(23-11-7-4-8-12-23)16-21-9-5-3-6-10-21/h3-15,17-18,28,35H,16,19H2,1-2H3,(H3,32,33,34,36). The Morgan fingerprint density at radius 3 is 2.38 bits per heavy atom. The summed E-state index contributed by atoms with van der Waals surface area (Å²) in [7, 11) is 2.21. The molecule has 0 bridgehead atoms. The predicted octanol–water partition coefficient (Wildman–Crippen LogP) is 6.41. The molecule has 3 heterocycles. The molecule has 1 unspecified atom stereocenters. The number of aromatic nitrogens is 4. The minimum atomic E-state index is 0.276. The van der Waals surface area contributed by atoms with Gasteiger partial charge in [-0.25, -0.2) is 9.97 Å². The Kier molecular flexibility index (Phi) is 5.94. The van der Waals surface area contributed by atoms with E-state index in [1.807, 2.05) is 13.0 Å². The molecule has 3 aromatic heterocycles. The van der Waals surface area contributed by atoms with Crippen molar-refractivity contribution >= 4 is 27.9 Å². The van der Waals surface area contributed by atoms with Gasteiger partial charge >= 0.3 is 0 Å². The topological polar surface area (TPSA) is 86.6 Å². The van der Waals surface area contributed by atoms with Gasteiger partial charge in [-0.1, -0.05) is 66.7 Å². The lowest BCUT2D eigenvalue weighted by molar-refractivity contribution is 0.235. The predicted molar refractivity (Wildman–Crippen MR) is 151 cm³/mol. The number of nitrogen functional groups attached to an aromatic ring is 1. The van der Waals surface area contributed by atoms with Crippen LogP contribution in [0.25, 0.3) is 33.3 Å². The van der Waals surface area contributed by atoms with E-state index >= 15 is 0 Å². The van der Waals surface area contributed by atoms with E-state index in [0.29, 0.717) is 11.5 Å². The highest BCUT2D eigenvalue weighted by Gasteiger charge is 2.19. The molecule has 4 N–H and O–H groups in total. The molecule has 6 aromatic rings. The van der Waals surface area contributed by atoms with Crippen molar-refractivity contribution in [3.05, 3.63) is 114 Å². The largest absolute Gasteiger partial charge is 0.384 e. The van der Waals surface area contributed by atoms with Crippen molar-refractivity contribution in [1.82, 2.24) is 24.8 Å². The second kappa shape index (κ2) is 9.56. The number of imidazole rings is 1. The normalized spacial score (nSPS) is 12.5. The molecule has 0 aliphatic carbocycles. The number of likely N-dealkylation sites (N-methyl/N-ethyl adjacent to an activating group) is 1. The van der Waals surface area contributed by atoms with Gasteiger partial charge in [0.15, 0.2) is 5.65 Å². The highest BCUT2D eigenvalue weighted by Crippen LogP contribution is 2.31. The smallest absolute Gasteiger partial charge is 0.180 e. The van der Waals surface area contributed by atoms with Crippen LogP contribution in [0, 0.1) is 6.92 Å². The maximum Gasteiger partial charge on any atom is 0.180 e. The first-order chi connectivity index (χ1) is 18.0. The first-order valence-corrected chi connectivity index (χ1v) is 12.6. The van der Waals surface area contributed by atoms with Crippen molar-refractivity contribution in [2.45, 2.75) is 25.9 Å². The average molecular weight is 487 g/mol. The Labute approximate surface area is 216 Å². The van der Waals surface area contributed by atoms with Crippen LogP contribution in [0.4, 0.5) is 5.82 Å². The molecule has 0 saturated heterocycles. The number of H-pyrrole nitrogens is 2. The molecule has 0 spiro atoms. The molecular weight excluding hydrogens is 456 g/mol. The number of aryl methyl sites for hydroxylation is 1. The first kappa shape index (κ1) is 23.0. The highest BCUT2D eigenvalue weighted by atomic mass is 15.1. The van der Waals surface area contributed by atoms with Gasteiger partial charge in [0.25, 0.3) is 0 Å². The second-order valence-corrected chi connectivity index (χ2v) is 9.75. The van der Waals surface area contributed by atoms with Gasteiger partial charge in [-0.05, 0) is 61.3 Å². The van der Waals surface area contributed by atoms with Crippen LogP contribution in [-0.2, 0) is 13.0 Å². The van der Waals surface area contributed by atoms with Gasteiger partial charge < -0.3 is 15.7 Å².